The summed E-state index contributed by atoms with van der Waals surface area (Å²) in [6.07, 6.45) is 2.09. The molecule has 136 valence electrons. The molecule has 26 heavy (non-hydrogen) atoms. The van der Waals surface area contributed by atoms with E-state index in [1.54, 1.807) is 7.11 Å². The van der Waals surface area contributed by atoms with Gasteiger partial charge >= 0.3 is 0 Å². The van der Waals surface area contributed by atoms with E-state index in [-0.39, 0.29) is 5.91 Å². The standard InChI is InChI=1S/C21H23NO4/c1-24-18-4-2-3-15(11-18)5-6-21(23)22-8-7-16-12-19-20(13-17(16)14-22)26-10-9-25-19/h2-4,11-13H,5-10,14H2,1H3. The Kier molecular flexibility index (Phi) is 4.69. The highest BCUT2D eigenvalue weighted by molar-refractivity contribution is 5.77. The molecule has 0 bridgehead atoms. The van der Waals surface area contributed by atoms with Crippen LogP contribution < -0.4 is 14.2 Å². The van der Waals surface area contributed by atoms with E-state index in [4.69, 9.17) is 14.2 Å². The minimum atomic E-state index is 0.188. The molecule has 4 rings (SSSR count). The van der Waals surface area contributed by atoms with Gasteiger partial charge in [-0.15, -0.1) is 0 Å². The molecule has 0 saturated carbocycles. The monoisotopic (exact) mass is 353 g/mol. The largest absolute Gasteiger partial charge is 0.497 e. The Morgan fingerprint density at radius 3 is 2.65 bits per heavy atom. The lowest BCUT2D eigenvalue weighted by atomic mass is 9.98. The van der Waals surface area contributed by atoms with Gasteiger partial charge in [0.2, 0.25) is 5.91 Å². The molecular weight excluding hydrogens is 330 g/mol. The molecule has 0 saturated heterocycles. The number of carbonyl (C=O) groups is 1. The summed E-state index contributed by atoms with van der Waals surface area (Å²) >= 11 is 0. The van der Waals surface area contributed by atoms with Crippen LogP contribution in [0.15, 0.2) is 36.4 Å². The molecule has 0 N–H and O–H groups in total. The Labute approximate surface area is 153 Å². The Hall–Kier alpha value is -2.69. The molecule has 5 nitrogen and oxygen atoms in total. The van der Waals surface area contributed by atoms with Crippen LogP contribution in [0, 0.1) is 0 Å². The quantitative estimate of drug-likeness (QED) is 0.848. The van der Waals surface area contributed by atoms with E-state index in [9.17, 15) is 4.79 Å². The number of nitrogens with zero attached hydrogens (tertiary/aromatic N) is 1. The van der Waals surface area contributed by atoms with Crippen molar-refractivity contribution in [1.29, 1.82) is 0 Å². The van der Waals surface area contributed by atoms with Crippen molar-refractivity contribution in [1.82, 2.24) is 4.90 Å². The van der Waals surface area contributed by atoms with Crippen LogP contribution in [0.2, 0.25) is 0 Å². The number of ether oxygens (including phenoxy) is 3. The summed E-state index contributed by atoms with van der Waals surface area (Å²) in [5.74, 6) is 2.63. The third kappa shape index (κ3) is 3.47. The number of rotatable bonds is 4. The molecule has 2 aliphatic rings. The van der Waals surface area contributed by atoms with Crippen LogP contribution in [0.25, 0.3) is 0 Å². The van der Waals surface area contributed by atoms with Gasteiger partial charge in [-0.05, 0) is 53.8 Å². The number of aryl methyl sites for hydroxylation is 1. The summed E-state index contributed by atoms with van der Waals surface area (Å²) in [7, 11) is 1.66. The predicted molar refractivity (Wildman–Crippen MR) is 97.9 cm³/mol. The lowest BCUT2D eigenvalue weighted by Gasteiger charge is -2.30. The first kappa shape index (κ1) is 16.8. The lowest BCUT2D eigenvalue weighted by Crippen LogP contribution is -2.36. The molecule has 2 aromatic carbocycles. The van der Waals surface area contributed by atoms with E-state index in [0.717, 1.165) is 47.8 Å². The van der Waals surface area contributed by atoms with Gasteiger partial charge in [0.1, 0.15) is 19.0 Å². The van der Waals surface area contributed by atoms with Crippen molar-refractivity contribution in [2.45, 2.75) is 25.8 Å². The third-order valence-electron chi connectivity index (χ3n) is 4.99. The average molecular weight is 353 g/mol. The maximum Gasteiger partial charge on any atom is 0.223 e. The number of hydrogen-bond acceptors (Lipinski definition) is 4. The normalized spacial score (nSPS) is 15.3. The Bertz CT molecular complexity index is 818. The minimum absolute atomic E-state index is 0.188. The zero-order chi connectivity index (χ0) is 17.9. The molecule has 2 heterocycles. The topological polar surface area (TPSA) is 48.0 Å². The fourth-order valence-electron chi connectivity index (χ4n) is 3.54. The molecular formula is C21H23NO4. The van der Waals surface area contributed by atoms with Gasteiger partial charge in [-0.3, -0.25) is 4.79 Å². The SMILES string of the molecule is COc1cccc(CCC(=O)N2CCc3cc4c(cc3C2)OCCO4)c1. The summed E-state index contributed by atoms with van der Waals surface area (Å²) in [6.45, 7) is 2.57. The highest BCUT2D eigenvalue weighted by Gasteiger charge is 2.23. The molecule has 0 unspecified atom stereocenters. The predicted octanol–water partition coefficient (Wildman–Crippen LogP) is 2.98. The fraction of sp³-hybridized carbons (Fsp3) is 0.381. The van der Waals surface area contributed by atoms with Gasteiger partial charge in [0.05, 0.1) is 7.11 Å². The van der Waals surface area contributed by atoms with Crippen molar-refractivity contribution in [3.63, 3.8) is 0 Å². The highest BCUT2D eigenvalue weighted by atomic mass is 16.6. The number of fused-ring (bicyclic) bond motifs is 2. The van der Waals surface area contributed by atoms with Crippen molar-refractivity contribution in [3.8, 4) is 17.2 Å². The van der Waals surface area contributed by atoms with Crippen LogP contribution in [0.1, 0.15) is 23.1 Å². The number of carbonyl (C=O) groups excluding carboxylic acids is 1. The Balaban J connectivity index is 1.40. The molecule has 2 aromatic rings. The molecule has 2 aliphatic heterocycles. The second-order valence-electron chi connectivity index (χ2n) is 6.68. The number of benzene rings is 2. The first-order valence-electron chi connectivity index (χ1n) is 9.05. The molecule has 0 aliphatic carbocycles. The average Bonchev–Trinajstić information content (AvgIpc) is 2.70. The van der Waals surface area contributed by atoms with Gasteiger partial charge in [-0.1, -0.05) is 12.1 Å². The first-order chi connectivity index (χ1) is 12.7. The van der Waals surface area contributed by atoms with Crippen LogP contribution in [-0.4, -0.2) is 37.7 Å². The third-order valence-corrected chi connectivity index (χ3v) is 4.99. The van der Waals surface area contributed by atoms with E-state index < -0.39 is 0 Å². The maximum absolute atomic E-state index is 12.7. The Morgan fingerprint density at radius 1 is 1.12 bits per heavy atom. The van der Waals surface area contributed by atoms with Gasteiger partial charge in [-0.25, -0.2) is 0 Å². The van der Waals surface area contributed by atoms with E-state index in [1.165, 1.54) is 5.56 Å². The summed E-state index contributed by atoms with van der Waals surface area (Å²) in [5, 5.41) is 0. The molecule has 0 atom stereocenters. The smallest absolute Gasteiger partial charge is 0.223 e. The minimum Gasteiger partial charge on any atom is -0.497 e. The molecule has 0 fully saturated rings. The summed E-state index contributed by atoms with van der Waals surface area (Å²) in [5.41, 5.74) is 3.54. The molecule has 5 heteroatoms. The number of methoxy groups -OCH3 is 1. The summed E-state index contributed by atoms with van der Waals surface area (Å²) in [4.78, 5) is 14.6. The van der Waals surface area contributed by atoms with Gasteiger partial charge in [0.15, 0.2) is 11.5 Å². The zero-order valence-corrected chi connectivity index (χ0v) is 15.0. The number of amides is 1. The van der Waals surface area contributed by atoms with Crippen molar-refractivity contribution >= 4 is 5.91 Å². The van der Waals surface area contributed by atoms with E-state index in [1.807, 2.05) is 35.2 Å². The fourth-order valence-corrected chi connectivity index (χ4v) is 3.54. The van der Waals surface area contributed by atoms with Crippen molar-refractivity contribution in [2.75, 3.05) is 26.9 Å². The maximum atomic E-state index is 12.7. The van der Waals surface area contributed by atoms with E-state index in [2.05, 4.69) is 6.07 Å². The van der Waals surface area contributed by atoms with Crippen LogP contribution in [0.3, 0.4) is 0 Å². The summed E-state index contributed by atoms with van der Waals surface area (Å²) < 4.78 is 16.6. The second kappa shape index (κ2) is 7.28. The Morgan fingerprint density at radius 2 is 1.88 bits per heavy atom. The lowest BCUT2D eigenvalue weighted by molar-refractivity contribution is -0.132. The molecule has 0 aromatic heterocycles. The molecule has 1 amide bonds. The molecule has 0 spiro atoms. The van der Waals surface area contributed by atoms with Crippen LogP contribution >= 0.6 is 0 Å². The van der Waals surface area contributed by atoms with E-state index >= 15 is 0 Å². The second-order valence-corrected chi connectivity index (χ2v) is 6.68. The first-order valence-corrected chi connectivity index (χ1v) is 9.05. The van der Waals surface area contributed by atoms with Gasteiger partial charge < -0.3 is 19.1 Å². The summed E-state index contributed by atoms with van der Waals surface area (Å²) in [6, 6.07) is 12.0. The highest BCUT2D eigenvalue weighted by Crippen LogP contribution is 2.35. The van der Waals surface area contributed by atoms with Crippen LogP contribution in [0.5, 0.6) is 17.2 Å². The van der Waals surface area contributed by atoms with Crippen molar-refractivity contribution in [2.24, 2.45) is 0 Å². The van der Waals surface area contributed by atoms with Gasteiger partial charge in [0.25, 0.3) is 0 Å². The van der Waals surface area contributed by atoms with Crippen LogP contribution in [-0.2, 0) is 24.2 Å². The van der Waals surface area contributed by atoms with E-state index in [0.29, 0.717) is 26.2 Å². The molecule has 0 radical (unpaired) electrons. The van der Waals surface area contributed by atoms with Gasteiger partial charge in [-0.2, -0.15) is 0 Å². The van der Waals surface area contributed by atoms with Crippen molar-refractivity contribution in [3.05, 3.63) is 53.1 Å². The van der Waals surface area contributed by atoms with Crippen LogP contribution in [0.4, 0.5) is 0 Å². The van der Waals surface area contributed by atoms with Crippen molar-refractivity contribution < 1.29 is 19.0 Å². The zero-order valence-electron chi connectivity index (χ0n) is 15.0. The van der Waals surface area contributed by atoms with Gasteiger partial charge in [0, 0.05) is 19.5 Å². The number of hydrogen-bond donors (Lipinski definition) is 0.